The minimum atomic E-state index is -0.499. The summed E-state index contributed by atoms with van der Waals surface area (Å²) in [7, 11) is 0. The Balaban J connectivity index is 2.21. The number of rotatable bonds is 6. The molecule has 1 unspecified atom stereocenters. The van der Waals surface area contributed by atoms with Gasteiger partial charge in [0.2, 0.25) is 0 Å². The van der Waals surface area contributed by atoms with Gasteiger partial charge in [-0.05, 0) is 50.5 Å². The van der Waals surface area contributed by atoms with Crippen LogP contribution < -0.4 is 4.74 Å². The highest BCUT2D eigenvalue weighted by molar-refractivity contribution is 5.68. The fourth-order valence-electron chi connectivity index (χ4n) is 2.44. The molecule has 110 valence electrons. The standard InChI is InChI=1S/C19H22O2/c1-4-21-18-11-7-16(8-12-18)13-19(3,14-20)17-9-5-15(2)6-10-17/h5-12,14H,4,13H2,1-3H3. The van der Waals surface area contributed by atoms with Gasteiger partial charge in [0.25, 0.3) is 0 Å². The van der Waals surface area contributed by atoms with Gasteiger partial charge in [0.05, 0.1) is 12.0 Å². The van der Waals surface area contributed by atoms with E-state index >= 15 is 0 Å². The van der Waals surface area contributed by atoms with Crippen LogP contribution in [0.4, 0.5) is 0 Å². The van der Waals surface area contributed by atoms with Crippen LogP contribution in [-0.4, -0.2) is 12.9 Å². The Morgan fingerprint density at radius 2 is 1.67 bits per heavy atom. The first-order chi connectivity index (χ1) is 10.1. The topological polar surface area (TPSA) is 26.3 Å². The molecule has 0 aliphatic carbocycles. The van der Waals surface area contributed by atoms with Crippen LogP contribution in [-0.2, 0) is 16.6 Å². The first-order valence-electron chi connectivity index (χ1n) is 7.32. The first-order valence-corrected chi connectivity index (χ1v) is 7.32. The van der Waals surface area contributed by atoms with E-state index in [0.29, 0.717) is 13.0 Å². The van der Waals surface area contributed by atoms with Gasteiger partial charge < -0.3 is 9.53 Å². The second-order valence-electron chi connectivity index (χ2n) is 5.66. The lowest BCUT2D eigenvalue weighted by Gasteiger charge is -2.24. The molecule has 2 heteroatoms. The van der Waals surface area contributed by atoms with E-state index in [0.717, 1.165) is 23.2 Å². The summed E-state index contributed by atoms with van der Waals surface area (Å²) in [6.07, 6.45) is 1.74. The normalized spacial score (nSPS) is 13.5. The summed E-state index contributed by atoms with van der Waals surface area (Å²) in [5.41, 5.74) is 2.89. The highest BCUT2D eigenvalue weighted by atomic mass is 16.5. The third kappa shape index (κ3) is 3.72. The molecule has 2 nitrogen and oxygen atoms in total. The smallest absolute Gasteiger partial charge is 0.130 e. The Morgan fingerprint density at radius 3 is 2.19 bits per heavy atom. The molecule has 0 saturated heterocycles. The lowest BCUT2D eigenvalue weighted by atomic mass is 9.78. The number of carbonyl (C=O) groups excluding carboxylic acids is 1. The van der Waals surface area contributed by atoms with Gasteiger partial charge in [0.1, 0.15) is 12.0 Å². The van der Waals surface area contributed by atoms with Gasteiger partial charge >= 0.3 is 0 Å². The number of hydrogen-bond acceptors (Lipinski definition) is 2. The molecule has 0 N–H and O–H groups in total. The SMILES string of the molecule is CCOc1ccc(CC(C)(C=O)c2ccc(C)cc2)cc1. The summed E-state index contributed by atoms with van der Waals surface area (Å²) in [6, 6.07) is 16.2. The molecule has 0 heterocycles. The van der Waals surface area contributed by atoms with Crippen LogP contribution in [0.5, 0.6) is 5.75 Å². The predicted octanol–water partition coefficient (Wildman–Crippen LogP) is 4.09. The maximum atomic E-state index is 11.7. The molecule has 0 spiro atoms. The van der Waals surface area contributed by atoms with E-state index in [1.807, 2.05) is 50.2 Å². The zero-order valence-corrected chi connectivity index (χ0v) is 12.9. The lowest BCUT2D eigenvalue weighted by Crippen LogP contribution is -2.26. The molecule has 21 heavy (non-hydrogen) atoms. The summed E-state index contributed by atoms with van der Waals surface area (Å²) < 4.78 is 5.45. The van der Waals surface area contributed by atoms with Gasteiger partial charge in [-0.25, -0.2) is 0 Å². The van der Waals surface area contributed by atoms with Crippen molar-refractivity contribution in [3.8, 4) is 5.75 Å². The van der Waals surface area contributed by atoms with Crippen molar-refractivity contribution in [2.45, 2.75) is 32.6 Å². The highest BCUT2D eigenvalue weighted by Crippen LogP contribution is 2.27. The quantitative estimate of drug-likeness (QED) is 0.746. The second kappa shape index (κ2) is 6.57. The van der Waals surface area contributed by atoms with Gasteiger partial charge in [0, 0.05) is 0 Å². The average molecular weight is 282 g/mol. The van der Waals surface area contributed by atoms with E-state index < -0.39 is 5.41 Å². The molecule has 0 amide bonds. The molecule has 0 aliphatic rings. The average Bonchev–Trinajstić information content (AvgIpc) is 2.50. The van der Waals surface area contributed by atoms with Crippen molar-refractivity contribution in [3.63, 3.8) is 0 Å². The highest BCUT2D eigenvalue weighted by Gasteiger charge is 2.26. The number of hydrogen-bond donors (Lipinski definition) is 0. The van der Waals surface area contributed by atoms with Crippen molar-refractivity contribution in [2.75, 3.05) is 6.61 Å². The third-order valence-corrected chi connectivity index (χ3v) is 3.78. The van der Waals surface area contributed by atoms with Crippen LogP contribution in [0.3, 0.4) is 0 Å². The molecule has 0 radical (unpaired) electrons. The molecule has 0 aromatic heterocycles. The van der Waals surface area contributed by atoms with Crippen LogP contribution in [0.25, 0.3) is 0 Å². The van der Waals surface area contributed by atoms with Crippen LogP contribution >= 0.6 is 0 Å². The molecule has 0 bridgehead atoms. The zero-order chi connectivity index (χ0) is 15.3. The van der Waals surface area contributed by atoms with E-state index in [9.17, 15) is 4.79 Å². The summed E-state index contributed by atoms with van der Waals surface area (Å²) in [6.45, 7) is 6.67. The van der Waals surface area contributed by atoms with E-state index in [1.54, 1.807) is 0 Å². The second-order valence-corrected chi connectivity index (χ2v) is 5.66. The Kier molecular flexibility index (Phi) is 4.79. The molecule has 0 aliphatic heterocycles. The fourth-order valence-corrected chi connectivity index (χ4v) is 2.44. The van der Waals surface area contributed by atoms with E-state index in [2.05, 4.69) is 19.1 Å². The van der Waals surface area contributed by atoms with Gasteiger partial charge in [-0.1, -0.05) is 42.0 Å². The number of benzene rings is 2. The van der Waals surface area contributed by atoms with E-state index in [-0.39, 0.29) is 0 Å². The third-order valence-electron chi connectivity index (χ3n) is 3.78. The minimum absolute atomic E-state index is 0.499. The van der Waals surface area contributed by atoms with E-state index in [1.165, 1.54) is 5.56 Å². The largest absolute Gasteiger partial charge is 0.494 e. The van der Waals surface area contributed by atoms with E-state index in [4.69, 9.17) is 4.74 Å². The van der Waals surface area contributed by atoms with Crippen LogP contribution in [0.2, 0.25) is 0 Å². The minimum Gasteiger partial charge on any atom is -0.494 e. The lowest BCUT2D eigenvalue weighted by molar-refractivity contribution is -0.112. The molecule has 2 aromatic rings. The number of carbonyl (C=O) groups is 1. The molecule has 2 aromatic carbocycles. The predicted molar refractivity (Wildman–Crippen MR) is 85.9 cm³/mol. The van der Waals surface area contributed by atoms with Crippen molar-refractivity contribution in [1.82, 2.24) is 0 Å². The van der Waals surface area contributed by atoms with Crippen LogP contribution in [0, 0.1) is 6.92 Å². The van der Waals surface area contributed by atoms with Gasteiger partial charge in [-0.15, -0.1) is 0 Å². The summed E-state index contributed by atoms with van der Waals surface area (Å²) >= 11 is 0. The first kappa shape index (κ1) is 15.3. The van der Waals surface area contributed by atoms with Crippen LogP contribution in [0.15, 0.2) is 48.5 Å². The zero-order valence-electron chi connectivity index (χ0n) is 12.9. The van der Waals surface area contributed by atoms with Crippen LogP contribution in [0.1, 0.15) is 30.5 Å². The molecule has 0 fully saturated rings. The van der Waals surface area contributed by atoms with Gasteiger partial charge in [0.15, 0.2) is 0 Å². The number of aldehydes is 1. The van der Waals surface area contributed by atoms with Crippen molar-refractivity contribution >= 4 is 6.29 Å². The molecule has 1 atom stereocenters. The van der Waals surface area contributed by atoms with Gasteiger partial charge in [-0.2, -0.15) is 0 Å². The van der Waals surface area contributed by atoms with Crippen molar-refractivity contribution < 1.29 is 9.53 Å². The van der Waals surface area contributed by atoms with Crippen molar-refractivity contribution in [2.24, 2.45) is 0 Å². The summed E-state index contributed by atoms with van der Waals surface area (Å²) in [4.78, 5) is 11.7. The monoisotopic (exact) mass is 282 g/mol. The fraction of sp³-hybridized carbons (Fsp3) is 0.316. The summed E-state index contributed by atoms with van der Waals surface area (Å²) in [5.74, 6) is 0.865. The van der Waals surface area contributed by atoms with Crippen molar-refractivity contribution in [3.05, 3.63) is 65.2 Å². The maximum absolute atomic E-state index is 11.7. The Morgan fingerprint density at radius 1 is 1.05 bits per heavy atom. The molecule has 2 rings (SSSR count). The molecular formula is C19H22O2. The maximum Gasteiger partial charge on any atom is 0.130 e. The number of aryl methyl sites for hydroxylation is 1. The molecule has 0 saturated carbocycles. The van der Waals surface area contributed by atoms with Gasteiger partial charge in [-0.3, -0.25) is 0 Å². The molecular weight excluding hydrogens is 260 g/mol. The Bertz CT molecular complexity index is 584. The summed E-state index contributed by atoms with van der Waals surface area (Å²) in [5, 5.41) is 0. The number of ether oxygens (including phenoxy) is 1. The Hall–Kier alpha value is -2.09. The van der Waals surface area contributed by atoms with Crippen molar-refractivity contribution in [1.29, 1.82) is 0 Å². The Labute approximate surface area is 126 Å².